The summed E-state index contributed by atoms with van der Waals surface area (Å²) in [5.74, 6) is 0. The van der Waals surface area contributed by atoms with Crippen LogP contribution in [0.4, 0.5) is 8.78 Å². The second kappa shape index (κ2) is 7.04. The minimum atomic E-state index is -3.58. The molecule has 0 heterocycles. The lowest BCUT2D eigenvalue weighted by atomic mass is 10.5. The first-order valence-electron chi connectivity index (χ1n) is 4.35. The number of halogens is 2. The summed E-state index contributed by atoms with van der Waals surface area (Å²) >= 11 is 0. The third-order valence-corrected chi connectivity index (χ3v) is 3.40. The van der Waals surface area contributed by atoms with E-state index < -0.39 is 34.9 Å². The first-order valence-corrected chi connectivity index (χ1v) is 5.90. The zero-order chi connectivity index (χ0) is 11.9. The Morgan fingerprint density at radius 1 is 1.47 bits per heavy atom. The second-order valence-corrected chi connectivity index (χ2v) is 5.08. The van der Waals surface area contributed by atoms with Crippen LogP contribution < -0.4 is 4.72 Å². The molecule has 0 fully saturated rings. The number of sulfonamides is 1. The van der Waals surface area contributed by atoms with E-state index in [1.165, 1.54) is 6.92 Å². The first kappa shape index (κ1) is 14.7. The molecule has 0 aliphatic heterocycles. The average Bonchev–Trinajstić information content (AvgIpc) is 2.15. The SMILES string of the molecule is CC(CO)S(=O)(=O)NCCOCC(F)F. The van der Waals surface area contributed by atoms with Crippen molar-refractivity contribution in [3.05, 3.63) is 0 Å². The first-order chi connectivity index (χ1) is 6.90. The van der Waals surface area contributed by atoms with E-state index in [0.717, 1.165) is 0 Å². The number of aliphatic hydroxyl groups is 1. The summed E-state index contributed by atoms with van der Waals surface area (Å²) in [7, 11) is -3.58. The molecule has 1 unspecified atom stereocenters. The standard InChI is InChI=1S/C7H15F2NO4S/c1-6(4-11)15(12,13)10-2-3-14-5-7(8)9/h6-7,10-11H,2-5H2,1H3. The molecule has 0 aromatic heterocycles. The van der Waals surface area contributed by atoms with Gasteiger partial charge in [-0.3, -0.25) is 0 Å². The van der Waals surface area contributed by atoms with Crippen LogP contribution in [0, 0.1) is 0 Å². The number of ether oxygens (including phenoxy) is 1. The molecule has 1 atom stereocenters. The number of alkyl halides is 2. The molecule has 15 heavy (non-hydrogen) atoms. The fraction of sp³-hybridized carbons (Fsp3) is 1.00. The van der Waals surface area contributed by atoms with Gasteiger partial charge in [0.2, 0.25) is 10.0 Å². The lowest BCUT2D eigenvalue weighted by molar-refractivity contribution is 0.0198. The van der Waals surface area contributed by atoms with Crippen molar-refractivity contribution in [2.75, 3.05) is 26.4 Å². The van der Waals surface area contributed by atoms with Gasteiger partial charge in [0.05, 0.1) is 18.5 Å². The van der Waals surface area contributed by atoms with Gasteiger partial charge in [0.1, 0.15) is 6.61 Å². The van der Waals surface area contributed by atoms with Crippen LogP contribution in [0.1, 0.15) is 6.92 Å². The van der Waals surface area contributed by atoms with Gasteiger partial charge in [-0.25, -0.2) is 21.9 Å². The van der Waals surface area contributed by atoms with Gasteiger partial charge in [-0.05, 0) is 6.92 Å². The van der Waals surface area contributed by atoms with Crippen LogP contribution in [0.25, 0.3) is 0 Å². The van der Waals surface area contributed by atoms with Gasteiger partial charge < -0.3 is 9.84 Å². The van der Waals surface area contributed by atoms with Crippen LogP contribution in [0.5, 0.6) is 0 Å². The Bertz CT molecular complexity index is 258. The van der Waals surface area contributed by atoms with Crippen LogP contribution in [0.2, 0.25) is 0 Å². The van der Waals surface area contributed by atoms with Crippen molar-refractivity contribution in [1.82, 2.24) is 4.72 Å². The summed E-state index contributed by atoms with van der Waals surface area (Å²) < 4.78 is 52.1. The Balaban J connectivity index is 3.67. The molecule has 0 bridgehead atoms. The lowest BCUT2D eigenvalue weighted by Crippen LogP contribution is -2.36. The maximum atomic E-state index is 11.6. The van der Waals surface area contributed by atoms with Crippen LogP contribution in [-0.4, -0.2) is 51.6 Å². The van der Waals surface area contributed by atoms with E-state index in [4.69, 9.17) is 5.11 Å². The van der Waals surface area contributed by atoms with Crippen LogP contribution in [-0.2, 0) is 14.8 Å². The molecule has 0 aromatic rings. The van der Waals surface area contributed by atoms with E-state index in [1.54, 1.807) is 0 Å². The molecule has 0 amide bonds. The van der Waals surface area contributed by atoms with Gasteiger partial charge >= 0.3 is 0 Å². The Labute approximate surface area is 87.5 Å². The molecule has 92 valence electrons. The summed E-state index contributed by atoms with van der Waals surface area (Å²) in [5, 5.41) is 7.67. The smallest absolute Gasteiger partial charge is 0.261 e. The van der Waals surface area contributed by atoms with Crippen LogP contribution in [0.3, 0.4) is 0 Å². The average molecular weight is 247 g/mol. The lowest BCUT2D eigenvalue weighted by Gasteiger charge is -2.11. The van der Waals surface area contributed by atoms with Crippen molar-refractivity contribution in [2.45, 2.75) is 18.6 Å². The second-order valence-electron chi connectivity index (χ2n) is 2.90. The number of aliphatic hydroxyl groups excluding tert-OH is 1. The van der Waals surface area contributed by atoms with Gasteiger partial charge in [-0.1, -0.05) is 0 Å². The molecule has 0 radical (unpaired) electrons. The third kappa shape index (κ3) is 6.72. The molecular weight excluding hydrogens is 232 g/mol. The molecule has 0 spiro atoms. The Hall–Kier alpha value is -0.310. The fourth-order valence-electron chi connectivity index (χ4n) is 0.669. The molecule has 5 nitrogen and oxygen atoms in total. The monoisotopic (exact) mass is 247 g/mol. The summed E-state index contributed by atoms with van der Waals surface area (Å²) in [6.07, 6.45) is -2.56. The number of nitrogens with one attached hydrogen (secondary N) is 1. The van der Waals surface area contributed by atoms with E-state index >= 15 is 0 Å². The Morgan fingerprint density at radius 3 is 2.53 bits per heavy atom. The molecular formula is C7H15F2NO4S. The summed E-state index contributed by atoms with van der Waals surface area (Å²) in [6.45, 7) is -0.0754. The van der Waals surface area contributed by atoms with Gasteiger partial charge in [0, 0.05) is 6.54 Å². The molecule has 0 aliphatic rings. The Kier molecular flexibility index (Phi) is 6.90. The summed E-state index contributed by atoms with van der Waals surface area (Å²) in [6, 6.07) is 0. The van der Waals surface area contributed by atoms with Crippen molar-refractivity contribution < 1.29 is 27.0 Å². The zero-order valence-electron chi connectivity index (χ0n) is 8.32. The van der Waals surface area contributed by atoms with E-state index in [0.29, 0.717) is 0 Å². The van der Waals surface area contributed by atoms with E-state index in [9.17, 15) is 17.2 Å². The maximum absolute atomic E-state index is 11.6. The summed E-state index contributed by atoms with van der Waals surface area (Å²) in [5.41, 5.74) is 0. The molecule has 0 aliphatic carbocycles. The highest BCUT2D eigenvalue weighted by atomic mass is 32.2. The highest BCUT2D eigenvalue weighted by Gasteiger charge is 2.18. The molecule has 0 saturated heterocycles. The van der Waals surface area contributed by atoms with Crippen molar-refractivity contribution >= 4 is 10.0 Å². The van der Waals surface area contributed by atoms with Gasteiger partial charge in [0.25, 0.3) is 6.43 Å². The normalized spacial score (nSPS) is 14.5. The van der Waals surface area contributed by atoms with Gasteiger partial charge in [-0.15, -0.1) is 0 Å². The van der Waals surface area contributed by atoms with Gasteiger partial charge in [-0.2, -0.15) is 0 Å². The van der Waals surface area contributed by atoms with E-state index in [2.05, 4.69) is 9.46 Å². The highest BCUT2D eigenvalue weighted by Crippen LogP contribution is 1.96. The predicted molar refractivity (Wildman–Crippen MR) is 50.3 cm³/mol. The molecule has 0 rings (SSSR count). The van der Waals surface area contributed by atoms with Gasteiger partial charge in [0.15, 0.2) is 0 Å². The molecule has 8 heteroatoms. The summed E-state index contributed by atoms with van der Waals surface area (Å²) in [4.78, 5) is 0. The quantitative estimate of drug-likeness (QED) is 0.571. The fourth-order valence-corrected chi connectivity index (χ4v) is 1.52. The van der Waals surface area contributed by atoms with Crippen molar-refractivity contribution in [3.8, 4) is 0 Å². The van der Waals surface area contributed by atoms with Crippen LogP contribution >= 0.6 is 0 Å². The van der Waals surface area contributed by atoms with E-state index in [-0.39, 0.29) is 13.2 Å². The molecule has 2 N–H and O–H groups in total. The van der Waals surface area contributed by atoms with Crippen molar-refractivity contribution in [3.63, 3.8) is 0 Å². The Morgan fingerprint density at radius 2 is 2.07 bits per heavy atom. The predicted octanol–water partition coefficient (Wildman–Crippen LogP) is -0.432. The third-order valence-electron chi connectivity index (χ3n) is 1.58. The van der Waals surface area contributed by atoms with Crippen LogP contribution in [0.15, 0.2) is 0 Å². The minimum Gasteiger partial charge on any atom is -0.395 e. The number of rotatable bonds is 8. The number of hydrogen-bond acceptors (Lipinski definition) is 4. The number of hydrogen-bond donors (Lipinski definition) is 2. The van der Waals surface area contributed by atoms with Crippen molar-refractivity contribution in [2.24, 2.45) is 0 Å². The van der Waals surface area contributed by atoms with Crippen molar-refractivity contribution in [1.29, 1.82) is 0 Å². The maximum Gasteiger partial charge on any atom is 0.261 e. The van der Waals surface area contributed by atoms with E-state index in [1.807, 2.05) is 0 Å². The largest absolute Gasteiger partial charge is 0.395 e. The zero-order valence-corrected chi connectivity index (χ0v) is 9.14. The minimum absolute atomic E-state index is 0.0839. The molecule has 0 saturated carbocycles. The topological polar surface area (TPSA) is 75.6 Å². The highest BCUT2D eigenvalue weighted by molar-refractivity contribution is 7.90. The molecule has 0 aromatic carbocycles.